The van der Waals surface area contributed by atoms with Crippen molar-refractivity contribution >= 4 is 0 Å². The highest BCUT2D eigenvalue weighted by Gasteiger charge is 2.36. The van der Waals surface area contributed by atoms with Gasteiger partial charge < -0.3 is 5.11 Å². The third-order valence-electron chi connectivity index (χ3n) is 9.33. The van der Waals surface area contributed by atoms with Gasteiger partial charge in [-0.05, 0) is 43.4 Å². The van der Waals surface area contributed by atoms with Crippen molar-refractivity contribution in [2.75, 3.05) is 6.61 Å². The maximum absolute atomic E-state index is 10.2. The molecule has 0 aliphatic heterocycles. The van der Waals surface area contributed by atoms with E-state index in [1.807, 2.05) is 0 Å². The fraction of sp³-hybridized carbons (Fsp3) is 1.00. The first-order chi connectivity index (χ1) is 18.2. The molecule has 1 N–H and O–H groups in total. The lowest BCUT2D eigenvalue weighted by Gasteiger charge is -2.42. The molecule has 1 nitrogen and oxygen atoms in total. The van der Waals surface area contributed by atoms with Crippen molar-refractivity contribution in [2.24, 2.45) is 11.3 Å². The zero-order valence-electron chi connectivity index (χ0n) is 26.7. The molecule has 224 valence electrons. The number of hydrogen-bond acceptors (Lipinski definition) is 1. The standard InChI is InChI=1S/C36H74O/c1-5-9-13-17-21-25-29-35(30-34-37)36(31-26-22-18-14-10-6-2,32-27-23-19-15-11-7-3)33-28-24-20-16-12-8-4/h35,37H,5-34H2,1-4H3. The molecular weight excluding hydrogens is 448 g/mol. The second kappa shape index (κ2) is 29.0. The van der Waals surface area contributed by atoms with E-state index < -0.39 is 0 Å². The van der Waals surface area contributed by atoms with E-state index in [-0.39, 0.29) is 0 Å². The average Bonchev–Trinajstić information content (AvgIpc) is 2.91. The highest BCUT2D eigenvalue weighted by Crippen LogP contribution is 2.47. The van der Waals surface area contributed by atoms with Crippen LogP contribution >= 0.6 is 0 Å². The van der Waals surface area contributed by atoms with Crippen molar-refractivity contribution in [1.82, 2.24) is 0 Å². The van der Waals surface area contributed by atoms with E-state index in [0.717, 1.165) is 12.3 Å². The zero-order valence-corrected chi connectivity index (χ0v) is 26.7. The summed E-state index contributed by atoms with van der Waals surface area (Å²) in [5.41, 5.74) is 0.492. The maximum atomic E-state index is 10.2. The minimum Gasteiger partial charge on any atom is -0.396 e. The van der Waals surface area contributed by atoms with E-state index in [4.69, 9.17) is 0 Å². The molecule has 0 spiro atoms. The van der Waals surface area contributed by atoms with E-state index in [2.05, 4.69) is 27.7 Å². The van der Waals surface area contributed by atoms with E-state index in [1.165, 1.54) is 180 Å². The van der Waals surface area contributed by atoms with Crippen LogP contribution in [0.15, 0.2) is 0 Å². The Bertz CT molecular complexity index is 376. The van der Waals surface area contributed by atoms with Crippen LogP contribution in [0.4, 0.5) is 0 Å². The van der Waals surface area contributed by atoms with Crippen molar-refractivity contribution in [3.8, 4) is 0 Å². The SMILES string of the molecule is CCCCCCCCC(CCO)C(CCCCCCCC)(CCCCCCCC)CCCCCCCC. The van der Waals surface area contributed by atoms with Crippen LogP contribution in [-0.4, -0.2) is 11.7 Å². The molecule has 0 amide bonds. The normalized spacial score (nSPS) is 12.9. The summed E-state index contributed by atoms with van der Waals surface area (Å²) >= 11 is 0. The van der Waals surface area contributed by atoms with E-state index in [9.17, 15) is 5.11 Å². The van der Waals surface area contributed by atoms with E-state index >= 15 is 0 Å². The van der Waals surface area contributed by atoms with Crippen molar-refractivity contribution in [1.29, 1.82) is 0 Å². The second-order valence-electron chi connectivity index (χ2n) is 12.7. The second-order valence-corrected chi connectivity index (χ2v) is 12.7. The lowest BCUT2D eigenvalue weighted by atomic mass is 9.63. The number of hydrogen-bond donors (Lipinski definition) is 1. The molecule has 0 fully saturated rings. The van der Waals surface area contributed by atoms with Gasteiger partial charge in [0.2, 0.25) is 0 Å². The van der Waals surface area contributed by atoms with Gasteiger partial charge in [-0.2, -0.15) is 0 Å². The highest BCUT2D eigenvalue weighted by atomic mass is 16.3. The van der Waals surface area contributed by atoms with Crippen LogP contribution in [0, 0.1) is 11.3 Å². The molecule has 0 heterocycles. The fourth-order valence-corrected chi connectivity index (χ4v) is 6.84. The summed E-state index contributed by atoms with van der Waals surface area (Å²) in [5, 5.41) is 10.2. The number of unbranched alkanes of at least 4 members (excludes halogenated alkanes) is 20. The van der Waals surface area contributed by atoms with Gasteiger partial charge in [-0.15, -0.1) is 0 Å². The van der Waals surface area contributed by atoms with Gasteiger partial charge in [0.1, 0.15) is 0 Å². The van der Waals surface area contributed by atoms with Crippen molar-refractivity contribution < 1.29 is 5.11 Å². The Morgan fingerprint density at radius 1 is 0.378 bits per heavy atom. The topological polar surface area (TPSA) is 20.2 Å². The lowest BCUT2D eigenvalue weighted by Crippen LogP contribution is -2.32. The first-order valence-corrected chi connectivity index (χ1v) is 17.8. The van der Waals surface area contributed by atoms with E-state index in [1.54, 1.807) is 0 Å². The minimum absolute atomic E-state index is 0.395. The van der Waals surface area contributed by atoms with E-state index in [0.29, 0.717) is 12.0 Å². The van der Waals surface area contributed by atoms with Gasteiger partial charge in [-0.1, -0.05) is 182 Å². The third kappa shape index (κ3) is 21.5. The summed E-state index contributed by atoms with van der Waals surface area (Å²) in [6.45, 7) is 9.69. The zero-order chi connectivity index (χ0) is 27.3. The summed E-state index contributed by atoms with van der Waals surface area (Å²) in [5.74, 6) is 0.741. The van der Waals surface area contributed by atoms with Crippen molar-refractivity contribution in [3.05, 3.63) is 0 Å². The van der Waals surface area contributed by atoms with Crippen LogP contribution in [0.25, 0.3) is 0 Å². The first-order valence-electron chi connectivity index (χ1n) is 17.8. The summed E-state index contributed by atoms with van der Waals surface area (Å²) in [6, 6.07) is 0. The van der Waals surface area contributed by atoms with Gasteiger partial charge in [0, 0.05) is 6.61 Å². The summed E-state index contributed by atoms with van der Waals surface area (Å²) in [4.78, 5) is 0. The first kappa shape index (κ1) is 37.0. The molecule has 0 aromatic rings. The molecule has 0 aliphatic carbocycles. The van der Waals surface area contributed by atoms with Crippen molar-refractivity contribution in [3.63, 3.8) is 0 Å². The van der Waals surface area contributed by atoms with Gasteiger partial charge in [0.25, 0.3) is 0 Å². The third-order valence-corrected chi connectivity index (χ3v) is 9.33. The smallest absolute Gasteiger partial charge is 0.0433 e. The molecule has 0 radical (unpaired) electrons. The number of rotatable bonds is 31. The van der Waals surface area contributed by atoms with Crippen LogP contribution in [0.3, 0.4) is 0 Å². The molecule has 0 aromatic carbocycles. The van der Waals surface area contributed by atoms with Gasteiger partial charge in [-0.25, -0.2) is 0 Å². The molecule has 1 heteroatoms. The Labute approximate surface area is 236 Å². The molecule has 0 saturated heterocycles. The fourth-order valence-electron chi connectivity index (χ4n) is 6.84. The Morgan fingerprint density at radius 2 is 0.676 bits per heavy atom. The monoisotopic (exact) mass is 523 g/mol. The Kier molecular flexibility index (Phi) is 28.9. The van der Waals surface area contributed by atoms with Crippen LogP contribution in [-0.2, 0) is 0 Å². The van der Waals surface area contributed by atoms with Crippen LogP contribution < -0.4 is 0 Å². The van der Waals surface area contributed by atoms with Crippen LogP contribution in [0.5, 0.6) is 0 Å². The number of aliphatic hydroxyl groups excluding tert-OH is 1. The van der Waals surface area contributed by atoms with Crippen molar-refractivity contribution in [2.45, 2.75) is 214 Å². The van der Waals surface area contributed by atoms with Gasteiger partial charge in [0.05, 0.1) is 0 Å². The molecule has 1 unspecified atom stereocenters. The molecule has 0 saturated carbocycles. The summed E-state index contributed by atoms with van der Waals surface area (Å²) < 4.78 is 0. The summed E-state index contributed by atoms with van der Waals surface area (Å²) in [6.07, 6.45) is 40.5. The molecular formula is C36H74O. The quantitative estimate of drug-likeness (QED) is 0.0897. The predicted molar refractivity (Wildman–Crippen MR) is 170 cm³/mol. The summed E-state index contributed by atoms with van der Waals surface area (Å²) in [7, 11) is 0. The predicted octanol–water partition coefficient (Wildman–Crippen LogP) is 13.0. The van der Waals surface area contributed by atoms with Gasteiger partial charge in [0.15, 0.2) is 0 Å². The number of aliphatic hydroxyl groups is 1. The lowest BCUT2D eigenvalue weighted by molar-refractivity contribution is 0.0689. The highest BCUT2D eigenvalue weighted by molar-refractivity contribution is 4.87. The molecule has 0 aromatic heterocycles. The maximum Gasteiger partial charge on any atom is 0.0433 e. The minimum atomic E-state index is 0.395. The Hall–Kier alpha value is -0.0400. The Morgan fingerprint density at radius 3 is 1.00 bits per heavy atom. The molecule has 0 rings (SSSR count). The molecule has 0 bridgehead atoms. The molecule has 0 aliphatic rings. The molecule has 37 heavy (non-hydrogen) atoms. The Balaban J connectivity index is 5.30. The largest absolute Gasteiger partial charge is 0.396 e. The van der Waals surface area contributed by atoms with Gasteiger partial charge in [-0.3, -0.25) is 0 Å². The van der Waals surface area contributed by atoms with Gasteiger partial charge >= 0.3 is 0 Å². The van der Waals surface area contributed by atoms with Crippen LogP contribution in [0.2, 0.25) is 0 Å². The molecule has 1 atom stereocenters. The van der Waals surface area contributed by atoms with Crippen LogP contribution in [0.1, 0.15) is 214 Å². The average molecular weight is 523 g/mol.